The van der Waals surface area contributed by atoms with E-state index < -0.39 is 5.41 Å². The number of anilines is 3. The largest absolute Gasteiger partial charge is 0.310 e. The summed E-state index contributed by atoms with van der Waals surface area (Å²) in [5, 5.41) is 0. The van der Waals surface area contributed by atoms with Gasteiger partial charge in [-0.05, 0) is 98.5 Å². The molecule has 0 fully saturated rings. The third kappa shape index (κ3) is 4.76. The molecular weight excluding hydrogens is 558 g/mol. The quantitative estimate of drug-likeness (QED) is 0.179. The summed E-state index contributed by atoms with van der Waals surface area (Å²) in [6, 6.07) is 49.5. The number of fused-ring (bicyclic) bond motifs is 2. The highest BCUT2D eigenvalue weighted by atomic mass is 15.2. The second-order valence-electron chi connectivity index (χ2n) is 12.0. The Morgan fingerprint density at radius 1 is 0.609 bits per heavy atom. The van der Waals surface area contributed by atoms with Crippen LogP contribution in [0.15, 0.2) is 157 Å². The lowest BCUT2D eigenvalue weighted by Crippen LogP contribution is -2.39. The molecule has 2 aromatic heterocycles. The highest BCUT2D eigenvalue weighted by Gasteiger charge is 2.48. The van der Waals surface area contributed by atoms with Gasteiger partial charge in [0, 0.05) is 11.3 Å². The molecule has 3 nitrogen and oxygen atoms in total. The van der Waals surface area contributed by atoms with Crippen molar-refractivity contribution in [1.82, 2.24) is 9.97 Å². The van der Waals surface area contributed by atoms with Gasteiger partial charge < -0.3 is 4.90 Å². The number of rotatable bonds is 6. The molecule has 3 heteroatoms. The number of benzene rings is 4. The van der Waals surface area contributed by atoms with Gasteiger partial charge in [-0.1, -0.05) is 109 Å². The predicted molar refractivity (Wildman–Crippen MR) is 192 cm³/mol. The summed E-state index contributed by atoms with van der Waals surface area (Å²) >= 11 is 0. The van der Waals surface area contributed by atoms with Crippen molar-refractivity contribution in [2.75, 3.05) is 4.90 Å². The summed E-state index contributed by atoms with van der Waals surface area (Å²) in [7, 11) is 0. The fourth-order valence-electron chi connectivity index (χ4n) is 6.91. The lowest BCUT2D eigenvalue weighted by Gasteiger charge is -2.45. The number of allylic oxidation sites excluding steroid dienone is 4. The highest BCUT2D eigenvalue weighted by Crippen LogP contribution is 2.57. The standard InChI is InChI=1S/C43H37N3/c1-5-17-33(30(2)3)37-24-15-28-41(44-37)43(42-29-16-25-38(45-42)34-21-10-9-18-31(34)4)35-22-11-13-26-39(35)46(32-19-7-6-8-20-32)40-27-14-12-23-36(40)43/h5-29H,1-4H3. The molecule has 7 rings (SSSR count). The zero-order valence-electron chi connectivity index (χ0n) is 26.8. The minimum atomic E-state index is -0.796. The fraction of sp³-hybridized carbons (Fsp3) is 0.116. The topological polar surface area (TPSA) is 29.0 Å². The molecule has 224 valence electrons. The van der Waals surface area contributed by atoms with Crippen LogP contribution in [0.5, 0.6) is 0 Å². The first kappa shape index (κ1) is 29.2. The van der Waals surface area contributed by atoms with Crippen molar-refractivity contribution >= 4 is 22.6 Å². The van der Waals surface area contributed by atoms with E-state index in [-0.39, 0.29) is 0 Å². The van der Waals surface area contributed by atoms with Crippen molar-refractivity contribution in [2.45, 2.75) is 33.1 Å². The van der Waals surface area contributed by atoms with Gasteiger partial charge >= 0.3 is 0 Å². The summed E-state index contributed by atoms with van der Waals surface area (Å²) in [6.45, 7) is 8.50. The monoisotopic (exact) mass is 595 g/mol. The van der Waals surface area contributed by atoms with E-state index in [1.165, 1.54) is 11.1 Å². The number of aromatic nitrogens is 2. The molecule has 6 aromatic rings. The van der Waals surface area contributed by atoms with Crippen LogP contribution in [-0.4, -0.2) is 9.97 Å². The Balaban J connectivity index is 1.61. The van der Waals surface area contributed by atoms with Gasteiger partial charge in [-0.2, -0.15) is 0 Å². The molecular formula is C43H37N3. The van der Waals surface area contributed by atoms with Crippen molar-refractivity contribution in [1.29, 1.82) is 0 Å². The lowest BCUT2D eigenvalue weighted by molar-refractivity contribution is 0.677. The van der Waals surface area contributed by atoms with Gasteiger partial charge in [-0.25, -0.2) is 0 Å². The van der Waals surface area contributed by atoms with Gasteiger partial charge in [-0.15, -0.1) is 0 Å². The SMILES string of the molecule is CC=CC(=C(C)C)c1cccc(C2(c3cccc(-c4ccccc4C)n3)c3ccccc3N(c3ccccc3)c3ccccc32)n1. The first-order chi connectivity index (χ1) is 22.5. The Hall–Kier alpha value is -5.54. The van der Waals surface area contributed by atoms with Crippen LogP contribution in [0.25, 0.3) is 16.8 Å². The van der Waals surface area contributed by atoms with Crippen molar-refractivity contribution in [2.24, 2.45) is 0 Å². The van der Waals surface area contributed by atoms with E-state index in [0.29, 0.717) is 0 Å². The zero-order chi connectivity index (χ0) is 31.7. The molecule has 46 heavy (non-hydrogen) atoms. The van der Waals surface area contributed by atoms with E-state index in [4.69, 9.17) is 9.97 Å². The first-order valence-corrected chi connectivity index (χ1v) is 15.9. The Labute approximate surface area is 272 Å². The zero-order valence-corrected chi connectivity index (χ0v) is 26.8. The highest BCUT2D eigenvalue weighted by molar-refractivity contribution is 5.89. The molecule has 4 aromatic carbocycles. The number of hydrogen-bond donors (Lipinski definition) is 0. The maximum atomic E-state index is 5.53. The van der Waals surface area contributed by atoms with Crippen LogP contribution >= 0.6 is 0 Å². The van der Waals surface area contributed by atoms with Crippen molar-refractivity contribution in [3.8, 4) is 11.3 Å². The van der Waals surface area contributed by atoms with Crippen LogP contribution in [0.4, 0.5) is 17.1 Å². The van der Waals surface area contributed by atoms with Crippen LogP contribution in [0.1, 0.15) is 54.5 Å². The van der Waals surface area contributed by atoms with E-state index in [0.717, 1.165) is 62.1 Å². The van der Waals surface area contributed by atoms with Crippen molar-refractivity contribution in [3.63, 3.8) is 0 Å². The maximum Gasteiger partial charge on any atom is 0.109 e. The van der Waals surface area contributed by atoms with Crippen LogP contribution in [0.2, 0.25) is 0 Å². The number of aryl methyl sites for hydroxylation is 1. The third-order valence-corrected chi connectivity index (χ3v) is 8.95. The van der Waals surface area contributed by atoms with E-state index in [1.54, 1.807) is 0 Å². The Morgan fingerprint density at radius 2 is 1.20 bits per heavy atom. The van der Waals surface area contributed by atoms with Crippen molar-refractivity contribution < 1.29 is 0 Å². The van der Waals surface area contributed by atoms with Crippen LogP contribution in [0.3, 0.4) is 0 Å². The molecule has 0 aliphatic carbocycles. The van der Waals surface area contributed by atoms with Crippen LogP contribution < -0.4 is 4.90 Å². The molecule has 0 spiro atoms. The minimum Gasteiger partial charge on any atom is -0.310 e. The van der Waals surface area contributed by atoms with E-state index in [2.05, 4.69) is 184 Å². The molecule has 0 bridgehead atoms. The molecule has 0 radical (unpaired) electrons. The van der Waals surface area contributed by atoms with Gasteiger partial charge in [0.2, 0.25) is 0 Å². The van der Waals surface area contributed by atoms with E-state index >= 15 is 0 Å². The Bertz CT molecular complexity index is 2050. The van der Waals surface area contributed by atoms with E-state index in [1.807, 2.05) is 0 Å². The summed E-state index contributed by atoms with van der Waals surface area (Å²) in [5.74, 6) is 0. The molecule has 3 heterocycles. The fourth-order valence-corrected chi connectivity index (χ4v) is 6.91. The third-order valence-electron chi connectivity index (χ3n) is 8.95. The van der Waals surface area contributed by atoms with Gasteiger partial charge in [0.15, 0.2) is 0 Å². The van der Waals surface area contributed by atoms with Crippen molar-refractivity contribution in [3.05, 3.63) is 191 Å². The van der Waals surface area contributed by atoms with E-state index in [9.17, 15) is 0 Å². The second kappa shape index (κ2) is 12.1. The predicted octanol–water partition coefficient (Wildman–Crippen LogP) is 11.0. The first-order valence-electron chi connectivity index (χ1n) is 15.9. The summed E-state index contributed by atoms with van der Waals surface area (Å²) in [6.07, 6.45) is 4.24. The number of para-hydroxylation sites is 3. The molecule has 0 amide bonds. The lowest BCUT2D eigenvalue weighted by atomic mass is 9.65. The van der Waals surface area contributed by atoms with Gasteiger partial charge in [0.05, 0.1) is 34.2 Å². The average molecular weight is 596 g/mol. The summed E-state index contributed by atoms with van der Waals surface area (Å²) in [5.41, 5.74) is 13.3. The molecule has 0 atom stereocenters. The average Bonchev–Trinajstić information content (AvgIpc) is 3.10. The minimum absolute atomic E-state index is 0.796. The smallest absolute Gasteiger partial charge is 0.109 e. The summed E-state index contributed by atoms with van der Waals surface area (Å²) < 4.78 is 0. The molecule has 0 saturated carbocycles. The summed E-state index contributed by atoms with van der Waals surface area (Å²) in [4.78, 5) is 13.4. The molecule has 0 unspecified atom stereocenters. The molecule has 1 aliphatic rings. The number of nitrogens with zero attached hydrogens (tertiary/aromatic N) is 3. The maximum absolute atomic E-state index is 5.53. The second-order valence-corrected chi connectivity index (χ2v) is 12.0. The normalized spacial score (nSPS) is 13.3. The molecule has 1 aliphatic heterocycles. The van der Waals surface area contributed by atoms with Crippen LogP contribution in [-0.2, 0) is 5.41 Å². The number of hydrogen-bond acceptors (Lipinski definition) is 3. The molecule has 0 N–H and O–H groups in total. The number of pyridine rings is 2. The van der Waals surface area contributed by atoms with Gasteiger partial charge in [0.25, 0.3) is 0 Å². The Kier molecular flexibility index (Phi) is 7.68. The van der Waals surface area contributed by atoms with Crippen LogP contribution in [0, 0.1) is 6.92 Å². The molecule has 0 saturated heterocycles. The van der Waals surface area contributed by atoms with Gasteiger partial charge in [-0.3, -0.25) is 9.97 Å². The Morgan fingerprint density at radius 3 is 1.85 bits per heavy atom. The van der Waals surface area contributed by atoms with Gasteiger partial charge in [0.1, 0.15) is 5.41 Å².